The second-order valence-electron chi connectivity index (χ2n) is 6.49. The molecule has 0 spiro atoms. The smallest absolute Gasteiger partial charge is 0.265 e. The SMILES string of the molecule is COc1ccc(C(C)(C)C)cc1NS(=O)(=O)c1cnn(C)c1C. The van der Waals surface area contributed by atoms with Crippen LogP contribution in [0.5, 0.6) is 5.75 Å². The van der Waals surface area contributed by atoms with E-state index >= 15 is 0 Å². The predicted octanol–water partition coefficient (Wildman–Crippen LogP) is 2.84. The zero-order chi connectivity index (χ0) is 17.4. The highest BCUT2D eigenvalue weighted by Gasteiger charge is 2.23. The second kappa shape index (κ2) is 5.88. The molecule has 2 aromatic rings. The van der Waals surface area contributed by atoms with Crippen LogP contribution in [-0.2, 0) is 22.5 Å². The quantitative estimate of drug-likeness (QED) is 0.931. The first kappa shape index (κ1) is 17.3. The first-order valence-electron chi connectivity index (χ1n) is 7.26. The molecule has 0 aliphatic carbocycles. The van der Waals surface area contributed by atoms with E-state index in [1.165, 1.54) is 18.0 Å². The van der Waals surface area contributed by atoms with Crippen LogP contribution < -0.4 is 9.46 Å². The maximum Gasteiger partial charge on any atom is 0.265 e. The Morgan fingerprint density at radius 2 is 1.91 bits per heavy atom. The molecular formula is C16H23N3O3S. The highest BCUT2D eigenvalue weighted by molar-refractivity contribution is 7.92. The number of sulfonamides is 1. The Labute approximate surface area is 137 Å². The minimum atomic E-state index is -3.73. The molecular weight excluding hydrogens is 314 g/mol. The number of hydrogen-bond acceptors (Lipinski definition) is 4. The van der Waals surface area contributed by atoms with Gasteiger partial charge in [0.15, 0.2) is 0 Å². The summed E-state index contributed by atoms with van der Waals surface area (Å²) in [5, 5.41) is 3.99. The third kappa shape index (κ3) is 3.50. The van der Waals surface area contributed by atoms with Gasteiger partial charge >= 0.3 is 0 Å². The largest absolute Gasteiger partial charge is 0.495 e. The van der Waals surface area contributed by atoms with E-state index in [1.807, 2.05) is 12.1 Å². The first-order chi connectivity index (χ1) is 10.6. The fourth-order valence-corrected chi connectivity index (χ4v) is 3.46. The van der Waals surface area contributed by atoms with Crippen molar-refractivity contribution in [3.8, 4) is 5.75 Å². The van der Waals surface area contributed by atoms with Crippen LogP contribution in [0.1, 0.15) is 32.0 Å². The maximum atomic E-state index is 12.6. The van der Waals surface area contributed by atoms with Crippen LogP contribution in [0.2, 0.25) is 0 Å². The molecule has 0 aliphatic rings. The molecule has 6 nitrogen and oxygen atoms in total. The normalized spacial score (nSPS) is 12.3. The standard InChI is InChI=1S/C16H23N3O3S/c1-11-15(10-17-19(11)5)23(20,21)18-13-9-12(16(2,3)4)7-8-14(13)22-6/h7-10,18H,1-6H3. The lowest BCUT2D eigenvalue weighted by Gasteiger charge is -2.21. The number of aryl methyl sites for hydroxylation is 1. The van der Waals surface area contributed by atoms with Gasteiger partial charge in [-0.1, -0.05) is 26.8 Å². The molecule has 2 rings (SSSR count). The van der Waals surface area contributed by atoms with Crippen molar-refractivity contribution < 1.29 is 13.2 Å². The van der Waals surface area contributed by atoms with Gasteiger partial charge in [-0.3, -0.25) is 9.40 Å². The van der Waals surface area contributed by atoms with Crippen LogP contribution in [0.15, 0.2) is 29.3 Å². The van der Waals surface area contributed by atoms with Crippen molar-refractivity contribution in [2.45, 2.75) is 38.0 Å². The van der Waals surface area contributed by atoms with Crippen LogP contribution in [0.4, 0.5) is 5.69 Å². The summed E-state index contributed by atoms with van der Waals surface area (Å²) in [5.74, 6) is 0.475. The van der Waals surface area contributed by atoms with Crippen LogP contribution in [0.25, 0.3) is 0 Å². The van der Waals surface area contributed by atoms with Gasteiger partial charge in [0.25, 0.3) is 10.0 Å². The fraction of sp³-hybridized carbons (Fsp3) is 0.438. The molecule has 0 saturated heterocycles. The number of aromatic nitrogens is 2. The summed E-state index contributed by atoms with van der Waals surface area (Å²) in [4.78, 5) is 0.156. The van der Waals surface area contributed by atoms with Crippen molar-refractivity contribution in [1.29, 1.82) is 0 Å². The third-order valence-corrected chi connectivity index (χ3v) is 5.26. The predicted molar refractivity (Wildman–Crippen MR) is 90.4 cm³/mol. The van der Waals surface area contributed by atoms with E-state index < -0.39 is 10.0 Å². The fourth-order valence-electron chi connectivity index (χ4n) is 2.20. The van der Waals surface area contributed by atoms with Crippen molar-refractivity contribution in [3.63, 3.8) is 0 Å². The van der Waals surface area contributed by atoms with Crippen molar-refractivity contribution in [1.82, 2.24) is 9.78 Å². The van der Waals surface area contributed by atoms with Gasteiger partial charge in [0.2, 0.25) is 0 Å². The molecule has 1 heterocycles. The van der Waals surface area contributed by atoms with Gasteiger partial charge in [-0.2, -0.15) is 5.10 Å². The second-order valence-corrected chi connectivity index (χ2v) is 8.14. The molecule has 23 heavy (non-hydrogen) atoms. The zero-order valence-corrected chi connectivity index (χ0v) is 15.2. The molecule has 1 N–H and O–H groups in total. The van der Waals surface area contributed by atoms with Crippen molar-refractivity contribution in [2.75, 3.05) is 11.8 Å². The molecule has 0 unspecified atom stereocenters. The molecule has 0 radical (unpaired) electrons. The molecule has 7 heteroatoms. The molecule has 126 valence electrons. The average molecular weight is 337 g/mol. The number of nitrogens with one attached hydrogen (secondary N) is 1. The Balaban J connectivity index is 2.48. The third-order valence-electron chi connectivity index (χ3n) is 3.79. The van der Waals surface area contributed by atoms with Crippen molar-refractivity contribution in [3.05, 3.63) is 35.7 Å². The van der Waals surface area contributed by atoms with E-state index in [0.29, 0.717) is 17.1 Å². The summed E-state index contributed by atoms with van der Waals surface area (Å²) < 4.78 is 34.7. The van der Waals surface area contributed by atoms with Gasteiger partial charge in [-0.15, -0.1) is 0 Å². The Morgan fingerprint density at radius 1 is 1.26 bits per heavy atom. The lowest BCUT2D eigenvalue weighted by Crippen LogP contribution is -2.16. The number of hydrogen-bond donors (Lipinski definition) is 1. The Bertz CT molecular complexity index is 818. The highest BCUT2D eigenvalue weighted by Crippen LogP contribution is 2.33. The van der Waals surface area contributed by atoms with E-state index in [1.54, 1.807) is 20.0 Å². The highest BCUT2D eigenvalue weighted by atomic mass is 32.2. The first-order valence-corrected chi connectivity index (χ1v) is 8.74. The summed E-state index contributed by atoms with van der Waals surface area (Å²) in [6.45, 7) is 7.92. The summed E-state index contributed by atoms with van der Waals surface area (Å²) in [6, 6.07) is 5.52. The number of methoxy groups -OCH3 is 1. The van der Waals surface area contributed by atoms with Crippen molar-refractivity contribution >= 4 is 15.7 Å². The van der Waals surface area contributed by atoms with E-state index in [2.05, 4.69) is 30.6 Å². The summed E-state index contributed by atoms with van der Waals surface area (Å²) in [5.41, 5.74) is 1.90. The molecule has 0 atom stereocenters. The van der Waals surface area contributed by atoms with Gasteiger partial charge in [0, 0.05) is 7.05 Å². The van der Waals surface area contributed by atoms with Gasteiger partial charge in [-0.05, 0) is 30.0 Å². The minimum absolute atomic E-state index is 0.101. The number of ether oxygens (including phenoxy) is 1. The average Bonchev–Trinajstić information content (AvgIpc) is 2.78. The minimum Gasteiger partial charge on any atom is -0.495 e. The van der Waals surface area contributed by atoms with Gasteiger partial charge in [0.05, 0.1) is 24.7 Å². The van der Waals surface area contributed by atoms with Crippen LogP contribution in [0, 0.1) is 6.92 Å². The Morgan fingerprint density at radius 3 is 2.39 bits per heavy atom. The van der Waals surface area contributed by atoms with Gasteiger partial charge in [-0.25, -0.2) is 8.42 Å². The summed E-state index contributed by atoms with van der Waals surface area (Å²) in [6.07, 6.45) is 1.34. The molecule has 0 fully saturated rings. The molecule has 0 aliphatic heterocycles. The zero-order valence-electron chi connectivity index (χ0n) is 14.3. The Kier molecular flexibility index (Phi) is 4.43. The molecule has 0 saturated carbocycles. The van der Waals surface area contributed by atoms with E-state index in [9.17, 15) is 8.42 Å². The Hall–Kier alpha value is -2.02. The van der Waals surface area contributed by atoms with Gasteiger partial charge < -0.3 is 4.74 Å². The van der Waals surface area contributed by atoms with Crippen LogP contribution in [-0.4, -0.2) is 25.3 Å². The van der Waals surface area contributed by atoms with E-state index in [4.69, 9.17) is 4.74 Å². The topological polar surface area (TPSA) is 73.2 Å². The number of benzene rings is 1. The number of rotatable bonds is 4. The lowest BCUT2D eigenvalue weighted by molar-refractivity contribution is 0.416. The molecule has 1 aromatic heterocycles. The molecule has 1 aromatic carbocycles. The summed E-state index contributed by atoms with van der Waals surface area (Å²) >= 11 is 0. The lowest BCUT2D eigenvalue weighted by atomic mass is 9.87. The molecule has 0 amide bonds. The van der Waals surface area contributed by atoms with Crippen LogP contribution in [0.3, 0.4) is 0 Å². The van der Waals surface area contributed by atoms with Crippen LogP contribution >= 0.6 is 0 Å². The number of nitrogens with zero attached hydrogens (tertiary/aromatic N) is 2. The van der Waals surface area contributed by atoms with Gasteiger partial charge in [0.1, 0.15) is 10.6 Å². The van der Waals surface area contributed by atoms with E-state index in [0.717, 1.165) is 5.56 Å². The monoisotopic (exact) mass is 337 g/mol. The van der Waals surface area contributed by atoms with Crippen molar-refractivity contribution in [2.24, 2.45) is 7.05 Å². The maximum absolute atomic E-state index is 12.6. The molecule has 0 bridgehead atoms. The van der Waals surface area contributed by atoms with E-state index in [-0.39, 0.29) is 10.3 Å². The summed E-state index contributed by atoms with van der Waals surface area (Å²) in [7, 11) is -0.515. The number of anilines is 1.